The smallest absolute Gasteiger partial charge is 0.255 e. The van der Waals surface area contributed by atoms with Crippen LogP contribution in [0.5, 0.6) is 11.5 Å². The third kappa shape index (κ3) is 5.76. The maximum Gasteiger partial charge on any atom is 0.255 e. The molecule has 0 N–H and O–H groups in total. The highest BCUT2D eigenvalue weighted by Crippen LogP contribution is 2.28. The number of hydrogen-bond donors (Lipinski definition) is 0. The van der Waals surface area contributed by atoms with Gasteiger partial charge in [-0.2, -0.15) is 4.98 Å². The largest absolute Gasteiger partial charge is 0.497 e. The summed E-state index contributed by atoms with van der Waals surface area (Å²) < 4.78 is 16.0. The fourth-order valence-electron chi connectivity index (χ4n) is 3.11. The number of amides is 1. The van der Waals surface area contributed by atoms with Gasteiger partial charge in [-0.05, 0) is 30.7 Å². The van der Waals surface area contributed by atoms with Crippen molar-refractivity contribution in [2.75, 3.05) is 27.3 Å². The Morgan fingerprint density at radius 3 is 2.45 bits per heavy atom. The summed E-state index contributed by atoms with van der Waals surface area (Å²) in [6.07, 6.45) is 2.32. The molecule has 0 atom stereocenters. The lowest BCUT2D eigenvalue weighted by Crippen LogP contribution is -2.34. The van der Waals surface area contributed by atoms with Crippen molar-refractivity contribution in [1.82, 2.24) is 15.0 Å². The molecule has 3 rings (SSSR count). The van der Waals surface area contributed by atoms with Gasteiger partial charge in [-0.3, -0.25) is 4.79 Å². The van der Waals surface area contributed by atoms with Crippen molar-refractivity contribution in [3.63, 3.8) is 0 Å². The minimum Gasteiger partial charge on any atom is -0.497 e. The molecule has 0 unspecified atom stereocenters. The van der Waals surface area contributed by atoms with Gasteiger partial charge in [0, 0.05) is 31.1 Å². The zero-order valence-electron chi connectivity index (χ0n) is 17.9. The Bertz CT molecular complexity index is 999. The van der Waals surface area contributed by atoms with Crippen LogP contribution in [0, 0.1) is 0 Å². The van der Waals surface area contributed by atoms with Crippen molar-refractivity contribution in [1.29, 1.82) is 0 Å². The van der Waals surface area contributed by atoms with E-state index in [4.69, 9.17) is 25.6 Å². The van der Waals surface area contributed by atoms with Crippen LogP contribution >= 0.6 is 11.6 Å². The molecule has 164 valence electrons. The summed E-state index contributed by atoms with van der Waals surface area (Å²) in [5, 5.41) is 4.52. The second kappa shape index (κ2) is 10.8. The molecule has 0 radical (unpaired) electrons. The van der Waals surface area contributed by atoms with Crippen LogP contribution in [-0.4, -0.2) is 48.3 Å². The third-order valence-electron chi connectivity index (χ3n) is 4.85. The number of methoxy groups -OCH3 is 2. The van der Waals surface area contributed by atoms with Gasteiger partial charge in [-0.1, -0.05) is 42.2 Å². The van der Waals surface area contributed by atoms with Crippen LogP contribution in [0.4, 0.5) is 0 Å². The zero-order valence-corrected chi connectivity index (χ0v) is 18.7. The number of carbonyl (C=O) groups excluding carboxylic acids is 1. The molecule has 0 fully saturated rings. The lowest BCUT2D eigenvalue weighted by Gasteiger charge is -2.22. The predicted octanol–water partition coefficient (Wildman–Crippen LogP) is 4.89. The third-order valence-corrected chi connectivity index (χ3v) is 5.18. The Morgan fingerprint density at radius 2 is 1.81 bits per heavy atom. The van der Waals surface area contributed by atoms with Crippen molar-refractivity contribution < 1.29 is 18.8 Å². The molecule has 2 aromatic carbocycles. The van der Waals surface area contributed by atoms with Gasteiger partial charge >= 0.3 is 0 Å². The molecule has 0 saturated heterocycles. The molecule has 1 amide bonds. The van der Waals surface area contributed by atoms with Gasteiger partial charge in [0.2, 0.25) is 11.7 Å². The number of halogens is 1. The number of rotatable bonds is 10. The SMILES string of the molecule is CCCCN(CCc1nc(-c2cc(OC)cc(OC)c2)no1)C(=O)c1ccccc1Cl. The van der Waals surface area contributed by atoms with Crippen LogP contribution in [0.25, 0.3) is 11.4 Å². The standard InChI is InChI=1S/C23H26ClN3O4/c1-4-5-11-27(23(28)19-8-6-7-9-20(19)24)12-10-21-25-22(26-31-21)16-13-17(29-2)15-18(14-16)30-3/h6-9,13-15H,4-5,10-12H2,1-3H3. The van der Waals surface area contributed by atoms with Crippen molar-refractivity contribution in [3.05, 3.63) is 58.9 Å². The molecular formula is C23H26ClN3O4. The van der Waals surface area contributed by atoms with Gasteiger partial charge < -0.3 is 18.9 Å². The van der Waals surface area contributed by atoms with E-state index in [1.165, 1.54) is 0 Å². The van der Waals surface area contributed by atoms with E-state index in [2.05, 4.69) is 17.1 Å². The van der Waals surface area contributed by atoms with E-state index < -0.39 is 0 Å². The summed E-state index contributed by atoms with van der Waals surface area (Å²) in [6, 6.07) is 12.5. The Balaban J connectivity index is 1.74. The Morgan fingerprint density at radius 1 is 1.10 bits per heavy atom. The zero-order chi connectivity index (χ0) is 22.2. The van der Waals surface area contributed by atoms with E-state index in [0.717, 1.165) is 18.4 Å². The summed E-state index contributed by atoms with van der Waals surface area (Å²) in [4.78, 5) is 19.3. The molecular weight excluding hydrogens is 418 g/mol. The summed E-state index contributed by atoms with van der Waals surface area (Å²) in [5.74, 6) is 2.06. The molecule has 0 saturated carbocycles. The number of hydrogen-bond acceptors (Lipinski definition) is 6. The fraction of sp³-hybridized carbons (Fsp3) is 0.348. The number of aromatic nitrogens is 2. The fourth-order valence-corrected chi connectivity index (χ4v) is 3.33. The first-order valence-electron chi connectivity index (χ1n) is 10.2. The molecule has 7 nitrogen and oxygen atoms in total. The summed E-state index contributed by atoms with van der Waals surface area (Å²) >= 11 is 6.23. The van der Waals surface area contributed by atoms with E-state index in [9.17, 15) is 4.79 Å². The van der Waals surface area contributed by atoms with Gasteiger partial charge in [0.25, 0.3) is 5.91 Å². The van der Waals surface area contributed by atoms with Crippen molar-refractivity contribution in [2.24, 2.45) is 0 Å². The average Bonchev–Trinajstić information content (AvgIpc) is 3.28. The highest BCUT2D eigenvalue weighted by molar-refractivity contribution is 6.33. The molecule has 0 bridgehead atoms. The van der Waals surface area contributed by atoms with Crippen molar-refractivity contribution in [3.8, 4) is 22.9 Å². The number of nitrogens with zero attached hydrogens (tertiary/aromatic N) is 3. The Labute approximate surface area is 186 Å². The lowest BCUT2D eigenvalue weighted by molar-refractivity contribution is 0.0752. The molecule has 31 heavy (non-hydrogen) atoms. The van der Waals surface area contributed by atoms with E-state index >= 15 is 0 Å². The minimum absolute atomic E-state index is 0.101. The molecule has 3 aromatic rings. The van der Waals surface area contributed by atoms with Gasteiger partial charge in [-0.25, -0.2) is 0 Å². The van der Waals surface area contributed by atoms with Crippen LogP contribution in [0.1, 0.15) is 36.0 Å². The summed E-state index contributed by atoms with van der Waals surface area (Å²) in [7, 11) is 3.17. The number of carbonyl (C=O) groups is 1. The Kier molecular flexibility index (Phi) is 7.89. The molecule has 0 aliphatic carbocycles. The van der Waals surface area contributed by atoms with Crippen molar-refractivity contribution in [2.45, 2.75) is 26.2 Å². The lowest BCUT2D eigenvalue weighted by atomic mass is 10.1. The summed E-state index contributed by atoms with van der Waals surface area (Å²) in [6.45, 7) is 3.17. The first kappa shape index (κ1) is 22.6. The van der Waals surface area contributed by atoms with Crippen LogP contribution in [-0.2, 0) is 6.42 Å². The van der Waals surface area contributed by atoms with Gasteiger partial charge in [0.05, 0.1) is 24.8 Å². The molecule has 1 aromatic heterocycles. The minimum atomic E-state index is -0.101. The highest BCUT2D eigenvalue weighted by atomic mass is 35.5. The predicted molar refractivity (Wildman–Crippen MR) is 119 cm³/mol. The molecule has 0 spiro atoms. The van der Waals surface area contributed by atoms with E-state index in [0.29, 0.717) is 53.3 Å². The second-order valence-corrected chi connectivity index (χ2v) is 7.40. The van der Waals surface area contributed by atoms with E-state index in [1.54, 1.807) is 37.3 Å². The van der Waals surface area contributed by atoms with Crippen LogP contribution < -0.4 is 9.47 Å². The Hall–Kier alpha value is -3.06. The second-order valence-electron chi connectivity index (χ2n) is 6.99. The molecule has 8 heteroatoms. The van der Waals surface area contributed by atoms with Crippen LogP contribution in [0.2, 0.25) is 5.02 Å². The maximum absolute atomic E-state index is 13.0. The van der Waals surface area contributed by atoms with E-state index in [-0.39, 0.29) is 5.91 Å². The first-order chi connectivity index (χ1) is 15.0. The topological polar surface area (TPSA) is 77.7 Å². The van der Waals surface area contributed by atoms with Gasteiger partial charge in [-0.15, -0.1) is 0 Å². The normalized spacial score (nSPS) is 10.7. The monoisotopic (exact) mass is 443 g/mol. The first-order valence-corrected chi connectivity index (χ1v) is 10.5. The molecule has 0 aliphatic heterocycles. The quantitative estimate of drug-likeness (QED) is 0.444. The number of benzene rings is 2. The van der Waals surface area contributed by atoms with Crippen LogP contribution in [0.15, 0.2) is 47.0 Å². The van der Waals surface area contributed by atoms with Crippen molar-refractivity contribution >= 4 is 17.5 Å². The maximum atomic E-state index is 13.0. The molecule has 0 aliphatic rings. The van der Waals surface area contributed by atoms with Gasteiger partial charge in [0.15, 0.2) is 0 Å². The average molecular weight is 444 g/mol. The molecule has 1 heterocycles. The van der Waals surface area contributed by atoms with Gasteiger partial charge in [0.1, 0.15) is 11.5 Å². The van der Waals surface area contributed by atoms with Crippen LogP contribution in [0.3, 0.4) is 0 Å². The van der Waals surface area contributed by atoms with E-state index in [1.807, 2.05) is 24.3 Å². The highest BCUT2D eigenvalue weighted by Gasteiger charge is 2.19. The number of unbranched alkanes of at least 4 members (excludes halogenated alkanes) is 1. The number of ether oxygens (including phenoxy) is 2. The summed E-state index contributed by atoms with van der Waals surface area (Å²) in [5.41, 5.74) is 1.22.